The van der Waals surface area contributed by atoms with Crippen LogP contribution >= 0.6 is 0 Å². The van der Waals surface area contributed by atoms with E-state index in [1.165, 1.54) is 0 Å². The third kappa shape index (κ3) is 6.44. The standard InChI is InChI=1S/C48H52N6O4/c1-9-27-31(13-5)45-43(35-21-17-19-23-41(35)53(55)56)46-33(15-7)29(11-3)39(51-46)26-40-30(12-4)34(16-8)48(52-40)44(36-22-18-20-24-42(36)54(57)58)47-32(14-6)28(10-2)38(50-47)25-37(27)49-45/h17-26,49,51H,9-16H2,1-8H3. The number of nitro benzene ring substituents is 2. The first-order valence-corrected chi connectivity index (χ1v) is 20.9. The second-order valence-electron chi connectivity index (χ2n) is 14.8. The van der Waals surface area contributed by atoms with E-state index in [0.29, 0.717) is 66.6 Å². The zero-order valence-electron chi connectivity index (χ0n) is 34.9. The van der Waals surface area contributed by atoms with E-state index in [4.69, 9.17) is 9.97 Å². The van der Waals surface area contributed by atoms with Crippen LogP contribution in [0.25, 0.3) is 66.6 Å². The van der Waals surface area contributed by atoms with Crippen molar-refractivity contribution in [2.75, 3.05) is 0 Å². The number of H-pyrrole nitrogens is 2. The molecule has 2 N–H and O–H groups in total. The van der Waals surface area contributed by atoms with E-state index >= 15 is 0 Å². The Balaban J connectivity index is 1.85. The zero-order chi connectivity index (χ0) is 41.4. The van der Waals surface area contributed by atoms with Crippen LogP contribution in [0.15, 0.2) is 60.7 Å². The maximum absolute atomic E-state index is 12.8. The Labute approximate surface area is 339 Å². The van der Waals surface area contributed by atoms with Crippen molar-refractivity contribution < 1.29 is 9.85 Å². The minimum atomic E-state index is -0.308. The van der Waals surface area contributed by atoms with E-state index in [1.807, 2.05) is 24.3 Å². The lowest BCUT2D eigenvalue weighted by molar-refractivity contribution is -0.384. The van der Waals surface area contributed by atoms with Gasteiger partial charge in [-0.3, -0.25) is 20.2 Å². The van der Waals surface area contributed by atoms with Crippen LogP contribution in [0.5, 0.6) is 0 Å². The Kier molecular flexibility index (Phi) is 11.3. The number of nitrogens with zero attached hydrogens (tertiary/aromatic N) is 4. The lowest BCUT2D eigenvalue weighted by Gasteiger charge is -2.13. The van der Waals surface area contributed by atoms with Gasteiger partial charge in [-0.1, -0.05) is 79.7 Å². The monoisotopic (exact) mass is 776 g/mol. The molecule has 5 heterocycles. The number of nitro groups is 2. The molecule has 2 aromatic carbocycles. The van der Waals surface area contributed by atoms with E-state index in [2.05, 4.69) is 77.5 Å². The van der Waals surface area contributed by atoms with Crippen molar-refractivity contribution in [2.24, 2.45) is 0 Å². The molecule has 5 aromatic rings. The molecule has 0 fully saturated rings. The number of rotatable bonds is 12. The number of nitrogens with one attached hydrogen (secondary N) is 2. The number of benzene rings is 2. The summed E-state index contributed by atoms with van der Waals surface area (Å²) in [7, 11) is 0. The molecule has 0 radical (unpaired) electrons. The fraction of sp³-hybridized carbons (Fsp3) is 0.333. The van der Waals surface area contributed by atoms with E-state index in [9.17, 15) is 20.2 Å². The maximum Gasteiger partial charge on any atom is 0.277 e. The Morgan fingerprint density at radius 2 is 0.845 bits per heavy atom. The first-order chi connectivity index (χ1) is 28.1. The molecule has 0 amide bonds. The molecule has 2 aliphatic rings. The molecular formula is C48H52N6O4. The highest BCUT2D eigenvalue weighted by atomic mass is 16.6. The van der Waals surface area contributed by atoms with Gasteiger partial charge in [0.25, 0.3) is 11.4 Å². The molecular weight excluding hydrogens is 725 g/mol. The van der Waals surface area contributed by atoms with Crippen LogP contribution in [0.1, 0.15) is 126 Å². The quantitative estimate of drug-likeness (QED) is 0.0953. The first-order valence-electron chi connectivity index (χ1n) is 20.9. The third-order valence-electron chi connectivity index (χ3n) is 12.0. The summed E-state index contributed by atoms with van der Waals surface area (Å²) in [6.07, 6.45) is 5.59. The Morgan fingerprint density at radius 3 is 1.19 bits per heavy atom. The lowest BCUT2D eigenvalue weighted by Crippen LogP contribution is -1.98. The number of hydrogen-bond acceptors (Lipinski definition) is 6. The van der Waals surface area contributed by atoms with Gasteiger partial charge in [0, 0.05) is 34.3 Å². The molecule has 0 atom stereocenters. The molecule has 58 heavy (non-hydrogen) atoms. The van der Waals surface area contributed by atoms with Crippen molar-refractivity contribution >= 4 is 55.7 Å². The molecule has 298 valence electrons. The van der Waals surface area contributed by atoms with Gasteiger partial charge >= 0.3 is 0 Å². The molecule has 10 heteroatoms. The van der Waals surface area contributed by atoms with Crippen molar-refractivity contribution in [1.29, 1.82) is 0 Å². The average Bonchev–Trinajstić information content (AvgIpc) is 3.97. The average molecular weight is 777 g/mol. The van der Waals surface area contributed by atoms with Gasteiger partial charge in [-0.15, -0.1) is 0 Å². The number of hydrogen-bond donors (Lipinski definition) is 2. The van der Waals surface area contributed by atoms with Gasteiger partial charge in [0.05, 0.1) is 54.8 Å². The molecule has 0 unspecified atom stereocenters. The molecule has 10 nitrogen and oxygen atoms in total. The lowest BCUT2D eigenvalue weighted by atomic mass is 9.90. The van der Waals surface area contributed by atoms with E-state index in [-0.39, 0.29) is 21.2 Å². The Morgan fingerprint density at radius 1 is 0.483 bits per heavy atom. The van der Waals surface area contributed by atoms with Crippen molar-refractivity contribution in [3.8, 4) is 22.3 Å². The summed E-state index contributed by atoms with van der Waals surface area (Å²) in [6.45, 7) is 17.0. The number of allylic oxidation sites excluding steroid dienone is 4. The zero-order valence-corrected chi connectivity index (χ0v) is 34.9. The number of aromatic nitrogens is 4. The minimum absolute atomic E-state index is 0.0111. The SMILES string of the molecule is CCC1=C(CC)c2nc1cc1[nH]c(c(CC)c1CC)c(-c1ccccc1[N+](=O)[O-])c1[nH]c(cc3nc(c2-c2ccccc2[N+](=O)[O-])C(CC)=C3CC)c(CC)c1CC. The van der Waals surface area contributed by atoms with Gasteiger partial charge in [0.1, 0.15) is 0 Å². The van der Waals surface area contributed by atoms with Crippen LogP contribution in [0.3, 0.4) is 0 Å². The molecule has 0 saturated heterocycles. The van der Waals surface area contributed by atoms with Crippen LogP contribution in [0.2, 0.25) is 0 Å². The fourth-order valence-electron chi connectivity index (χ4n) is 9.49. The number of aromatic amines is 2. The second-order valence-corrected chi connectivity index (χ2v) is 14.8. The van der Waals surface area contributed by atoms with Gasteiger partial charge in [-0.05, 0) is 120 Å². The van der Waals surface area contributed by atoms with Crippen molar-refractivity contribution in [1.82, 2.24) is 19.9 Å². The van der Waals surface area contributed by atoms with E-state index in [1.54, 1.807) is 24.3 Å². The molecule has 0 saturated carbocycles. The second kappa shape index (κ2) is 16.4. The van der Waals surface area contributed by atoms with Crippen molar-refractivity contribution in [3.63, 3.8) is 0 Å². The highest BCUT2D eigenvalue weighted by Crippen LogP contribution is 2.48. The van der Waals surface area contributed by atoms with Crippen LogP contribution in [-0.2, 0) is 25.7 Å². The minimum Gasteiger partial charge on any atom is -0.354 e. The molecule has 3 aromatic heterocycles. The Hall–Kier alpha value is -6.16. The van der Waals surface area contributed by atoms with Gasteiger partial charge in [-0.2, -0.15) is 0 Å². The van der Waals surface area contributed by atoms with Gasteiger partial charge in [-0.25, -0.2) is 9.97 Å². The van der Waals surface area contributed by atoms with Crippen LogP contribution in [0.4, 0.5) is 11.4 Å². The summed E-state index contributed by atoms with van der Waals surface area (Å²) in [4.78, 5) is 43.5. The topological polar surface area (TPSA) is 144 Å². The maximum atomic E-state index is 12.8. The molecule has 2 aliphatic heterocycles. The number of aryl methyl sites for hydroxylation is 4. The largest absolute Gasteiger partial charge is 0.354 e. The molecule has 0 aliphatic carbocycles. The summed E-state index contributed by atoms with van der Waals surface area (Å²) < 4.78 is 0. The van der Waals surface area contributed by atoms with Gasteiger partial charge in [0.15, 0.2) is 0 Å². The molecule has 0 spiro atoms. The highest BCUT2D eigenvalue weighted by Gasteiger charge is 2.31. The number of para-hydroxylation sites is 2. The van der Waals surface area contributed by atoms with Crippen molar-refractivity contribution in [3.05, 3.63) is 126 Å². The van der Waals surface area contributed by atoms with Crippen LogP contribution < -0.4 is 0 Å². The summed E-state index contributed by atoms with van der Waals surface area (Å²) in [5, 5.41) is 25.5. The fourth-order valence-corrected chi connectivity index (χ4v) is 9.49. The van der Waals surface area contributed by atoms with Gasteiger partial charge in [0.2, 0.25) is 0 Å². The third-order valence-corrected chi connectivity index (χ3v) is 12.0. The highest BCUT2D eigenvalue weighted by molar-refractivity contribution is 6.05. The first kappa shape index (κ1) is 40.1. The number of fused-ring (bicyclic) bond motifs is 8. The Bertz CT molecular complexity index is 2600. The molecule has 8 bridgehead atoms. The van der Waals surface area contributed by atoms with Crippen LogP contribution in [-0.4, -0.2) is 29.8 Å². The van der Waals surface area contributed by atoms with Crippen molar-refractivity contribution in [2.45, 2.75) is 107 Å². The normalized spacial score (nSPS) is 12.8. The summed E-state index contributed by atoms with van der Waals surface area (Å²) in [5.41, 5.74) is 17.7. The predicted molar refractivity (Wildman–Crippen MR) is 237 cm³/mol. The van der Waals surface area contributed by atoms with E-state index in [0.717, 1.165) is 96.4 Å². The summed E-state index contributed by atoms with van der Waals surface area (Å²) in [5.74, 6) is 0. The smallest absolute Gasteiger partial charge is 0.277 e. The molecule has 7 rings (SSSR count). The van der Waals surface area contributed by atoms with E-state index < -0.39 is 0 Å². The summed E-state index contributed by atoms with van der Waals surface area (Å²) in [6, 6.07) is 18.2. The van der Waals surface area contributed by atoms with Gasteiger partial charge < -0.3 is 9.97 Å². The predicted octanol–water partition coefficient (Wildman–Crippen LogP) is 13.2. The summed E-state index contributed by atoms with van der Waals surface area (Å²) >= 11 is 0. The van der Waals surface area contributed by atoms with Crippen LogP contribution in [0, 0.1) is 20.2 Å².